The van der Waals surface area contributed by atoms with E-state index in [1.54, 1.807) is 6.07 Å². The van der Waals surface area contributed by atoms with Gasteiger partial charge in [0, 0.05) is 17.2 Å². The van der Waals surface area contributed by atoms with E-state index in [0.29, 0.717) is 0 Å². The number of aliphatic hydroxyl groups is 1. The highest BCUT2D eigenvalue weighted by molar-refractivity contribution is 5.74. The smallest absolute Gasteiger partial charge is 0.152 e. The largest absolute Gasteiger partial charge is 0.507 e. The number of anilines is 1. The second-order valence-corrected chi connectivity index (χ2v) is 8.81. The first-order chi connectivity index (χ1) is 13.3. The van der Waals surface area contributed by atoms with Crippen LogP contribution < -0.4 is 5.32 Å². The van der Waals surface area contributed by atoms with Crippen molar-refractivity contribution in [2.45, 2.75) is 70.9 Å². The van der Waals surface area contributed by atoms with Crippen LogP contribution in [-0.2, 0) is 12.8 Å². The minimum absolute atomic E-state index is 0.243. The molecule has 0 atom stereocenters. The third kappa shape index (κ3) is 3.76. The Bertz CT molecular complexity index is 922. The van der Waals surface area contributed by atoms with Gasteiger partial charge in [-0.3, -0.25) is 0 Å². The van der Waals surface area contributed by atoms with E-state index in [9.17, 15) is 10.2 Å². The number of benzene rings is 1. The molecule has 1 aromatic carbocycles. The topological polar surface area (TPSA) is 78.3 Å². The molecule has 0 amide bonds. The summed E-state index contributed by atoms with van der Waals surface area (Å²) in [7, 11) is 0. The summed E-state index contributed by atoms with van der Waals surface area (Å²) in [5, 5.41) is 33.1. The van der Waals surface area contributed by atoms with Gasteiger partial charge in [-0.25, -0.2) is 0 Å². The Morgan fingerprint density at radius 3 is 2.50 bits per heavy atom. The van der Waals surface area contributed by atoms with Gasteiger partial charge in [0.05, 0.1) is 5.60 Å². The van der Waals surface area contributed by atoms with Gasteiger partial charge in [0.15, 0.2) is 5.82 Å². The molecule has 2 aliphatic carbocycles. The Morgan fingerprint density at radius 1 is 1.14 bits per heavy atom. The maximum Gasteiger partial charge on any atom is 0.152 e. The molecule has 0 radical (unpaired) electrons. The van der Waals surface area contributed by atoms with Gasteiger partial charge in [-0.15, -0.1) is 10.2 Å². The van der Waals surface area contributed by atoms with Crippen molar-refractivity contribution in [3.63, 3.8) is 0 Å². The van der Waals surface area contributed by atoms with Crippen LogP contribution in [0.1, 0.15) is 63.1 Å². The van der Waals surface area contributed by atoms with E-state index in [1.807, 2.05) is 39.0 Å². The predicted molar refractivity (Wildman–Crippen MR) is 112 cm³/mol. The number of nitrogens with one attached hydrogen (secondary N) is 1. The molecular weight excluding hydrogens is 350 g/mol. The molecule has 5 heteroatoms. The van der Waals surface area contributed by atoms with Gasteiger partial charge < -0.3 is 15.5 Å². The Hall–Kier alpha value is -2.40. The summed E-state index contributed by atoms with van der Waals surface area (Å²) >= 11 is 0. The Kier molecular flexibility index (Phi) is 4.88. The first kappa shape index (κ1) is 18.9. The minimum atomic E-state index is -0.566. The normalized spacial score (nSPS) is 23.5. The number of hydrogen-bond donors (Lipinski definition) is 3. The van der Waals surface area contributed by atoms with Crippen molar-refractivity contribution in [1.82, 2.24) is 10.2 Å². The van der Waals surface area contributed by atoms with Gasteiger partial charge in [-0.2, -0.15) is 0 Å². The highest BCUT2D eigenvalue weighted by Gasteiger charge is 2.39. The number of hydrogen-bond acceptors (Lipinski definition) is 5. The van der Waals surface area contributed by atoms with Gasteiger partial charge in [-0.1, -0.05) is 17.7 Å². The highest BCUT2D eigenvalue weighted by Crippen LogP contribution is 2.39. The SMILES string of the molecule is CC(C)=Cc1ccc(-c2nnc(NC3CC(C)(O)C3)c3c2CCCC3)c(O)c1. The molecule has 1 saturated carbocycles. The number of phenolic OH excluding ortho intramolecular Hbond substituents is 1. The molecule has 5 nitrogen and oxygen atoms in total. The highest BCUT2D eigenvalue weighted by atomic mass is 16.3. The number of rotatable bonds is 4. The molecule has 0 spiro atoms. The van der Waals surface area contributed by atoms with Crippen LogP contribution in [0.3, 0.4) is 0 Å². The van der Waals surface area contributed by atoms with Crippen LogP contribution in [0.25, 0.3) is 17.3 Å². The van der Waals surface area contributed by atoms with E-state index in [1.165, 1.54) is 16.7 Å². The Morgan fingerprint density at radius 2 is 1.86 bits per heavy atom. The minimum Gasteiger partial charge on any atom is -0.507 e. The van der Waals surface area contributed by atoms with Gasteiger partial charge in [0.1, 0.15) is 11.4 Å². The van der Waals surface area contributed by atoms with E-state index >= 15 is 0 Å². The lowest BCUT2D eigenvalue weighted by Crippen LogP contribution is -2.48. The summed E-state index contributed by atoms with van der Waals surface area (Å²) in [5.74, 6) is 1.09. The Labute approximate surface area is 166 Å². The third-order valence-electron chi connectivity index (χ3n) is 5.73. The second-order valence-electron chi connectivity index (χ2n) is 8.81. The molecule has 0 aliphatic heterocycles. The zero-order valence-corrected chi connectivity index (χ0v) is 16.9. The maximum atomic E-state index is 10.6. The van der Waals surface area contributed by atoms with Crippen LogP contribution in [0.5, 0.6) is 5.75 Å². The molecule has 28 heavy (non-hydrogen) atoms. The van der Waals surface area contributed by atoms with Crippen molar-refractivity contribution in [2.24, 2.45) is 0 Å². The van der Waals surface area contributed by atoms with Crippen molar-refractivity contribution in [3.8, 4) is 17.0 Å². The van der Waals surface area contributed by atoms with Crippen molar-refractivity contribution >= 4 is 11.9 Å². The first-order valence-corrected chi connectivity index (χ1v) is 10.2. The monoisotopic (exact) mass is 379 g/mol. The number of nitrogens with zero attached hydrogens (tertiary/aromatic N) is 2. The number of aromatic nitrogens is 2. The second kappa shape index (κ2) is 7.21. The molecular formula is C23H29N3O2. The lowest BCUT2D eigenvalue weighted by atomic mass is 9.77. The van der Waals surface area contributed by atoms with Crippen molar-refractivity contribution < 1.29 is 10.2 Å². The zero-order valence-electron chi connectivity index (χ0n) is 16.9. The summed E-state index contributed by atoms with van der Waals surface area (Å²) in [6, 6.07) is 6.00. The molecule has 4 rings (SSSR count). The molecule has 2 aliphatic rings. The third-order valence-corrected chi connectivity index (χ3v) is 5.73. The molecule has 0 bridgehead atoms. The zero-order chi connectivity index (χ0) is 19.9. The number of phenols is 1. The molecule has 1 heterocycles. The van der Waals surface area contributed by atoms with Crippen LogP contribution in [-0.4, -0.2) is 32.1 Å². The standard InChI is InChI=1S/C23H29N3O2/c1-14(2)10-15-8-9-19(20(27)11-15)21-17-6-4-5-7-18(17)22(26-25-21)24-16-12-23(3,28)13-16/h8-11,16,27-28H,4-7,12-13H2,1-3H3,(H,24,26). The number of allylic oxidation sites excluding steroid dienone is 1. The van der Waals surface area contributed by atoms with Gasteiger partial charge >= 0.3 is 0 Å². The fraction of sp³-hybridized carbons (Fsp3) is 0.478. The fourth-order valence-corrected chi connectivity index (χ4v) is 4.45. The lowest BCUT2D eigenvalue weighted by Gasteiger charge is -2.41. The average molecular weight is 380 g/mol. The quantitative estimate of drug-likeness (QED) is 0.730. The lowest BCUT2D eigenvalue weighted by molar-refractivity contribution is -0.0235. The predicted octanol–water partition coefficient (Wildman–Crippen LogP) is 4.48. The summed E-state index contributed by atoms with van der Waals surface area (Å²) < 4.78 is 0. The molecule has 1 aromatic heterocycles. The molecule has 0 unspecified atom stereocenters. The summed E-state index contributed by atoms with van der Waals surface area (Å²) in [6.07, 6.45) is 7.70. The maximum absolute atomic E-state index is 10.6. The summed E-state index contributed by atoms with van der Waals surface area (Å²) in [6.45, 7) is 5.96. The molecule has 3 N–H and O–H groups in total. The van der Waals surface area contributed by atoms with Gasteiger partial charge in [0.2, 0.25) is 0 Å². The van der Waals surface area contributed by atoms with Crippen LogP contribution in [0.15, 0.2) is 23.8 Å². The van der Waals surface area contributed by atoms with E-state index in [-0.39, 0.29) is 11.8 Å². The van der Waals surface area contributed by atoms with Gasteiger partial charge in [-0.05, 0) is 82.6 Å². The Balaban J connectivity index is 1.68. The first-order valence-electron chi connectivity index (χ1n) is 10.2. The van der Waals surface area contributed by atoms with E-state index < -0.39 is 5.60 Å². The molecule has 2 aromatic rings. The van der Waals surface area contributed by atoms with Crippen LogP contribution >= 0.6 is 0 Å². The average Bonchev–Trinajstić information content (AvgIpc) is 2.60. The summed E-state index contributed by atoms with van der Waals surface area (Å²) in [5.41, 5.74) is 5.56. The van der Waals surface area contributed by atoms with Crippen LogP contribution in [0.2, 0.25) is 0 Å². The number of aromatic hydroxyl groups is 1. The van der Waals surface area contributed by atoms with E-state index in [0.717, 1.165) is 61.2 Å². The van der Waals surface area contributed by atoms with Crippen molar-refractivity contribution in [2.75, 3.05) is 5.32 Å². The van der Waals surface area contributed by atoms with E-state index in [4.69, 9.17) is 0 Å². The van der Waals surface area contributed by atoms with Gasteiger partial charge in [0.25, 0.3) is 0 Å². The molecule has 148 valence electrons. The molecule has 1 fully saturated rings. The summed E-state index contributed by atoms with van der Waals surface area (Å²) in [4.78, 5) is 0. The number of fused-ring (bicyclic) bond motifs is 1. The van der Waals surface area contributed by atoms with Crippen molar-refractivity contribution in [3.05, 3.63) is 40.5 Å². The van der Waals surface area contributed by atoms with Crippen LogP contribution in [0, 0.1) is 0 Å². The van der Waals surface area contributed by atoms with E-state index in [2.05, 4.69) is 15.5 Å². The molecule has 0 saturated heterocycles. The van der Waals surface area contributed by atoms with Crippen LogP contribution in [0.4, 0.5) is 5.82 Å². The fourth-order valence-electron chi connectivity index (χ4n) is 4.45. The van der Waals surface area contributed by atoms with Crippen molar-refractivity contribution in [1.29, 1.82) is 0 Å².